The van der Waals surface area contributed by atoms with Crippen molar-refractivity contribution in [1.82, 2.24) is 10.2 Å². The first kappa shape index (κ1) is 23.3. The zero-order valence-corrected chi connectivity index (χ0v) is 16.3. The average Bonchev–Trinajstić information content (AvgIpc) is 3.06. The minimum Gasteiger partial charge on any atom is -0.480 e. The number of rotatable bonds is 12. The molecule has 7 N–H and O–H groups in total. The molecule has 2 unspecified atom stereocenters. The van der Waals surface area contributed by atoms with E-state index in [0.29, 0.717) is 51.6 Å². The molecule has 4 atom stereocenters. The number of hydrogen-bond acceptors (Lipinski definition) is 6. The summed E-state index contributed by atoms with van der Waals surface area (Å²) in [5, 5.41) is 21.8. The van der Waals surface area contributed by atoms with Gasteiger partial charge in [0.2, 0.25) is 5.91 Å². The molecule has 0 saturated carbocycles. The van der Waals surface area contributed by atoms with Gasteiger partial charge in [0.25, 0.3) is 0 Å². The third-order valence-electron chi connectivity index (χ3n) is 4.88. The SMILES string of the molecule is CC(C)CC(N)C(N[C@@H](CCCCN)C(=O)N1CCC[C@H]1C(=O)O)C(=O)O. The predicted octanol–water partition coefficient (Wildman–Crippen LogP) is -0.0242. The smallest absolute Gasteiger partial charge is 0.326 e. The largest absolute Gasteiger partial charge is 0.480 e. The molecule has 1 rings (SSSR count). The van der Waals surface area contributed by atoms with Crippen LogP contribution in [-0.4, -0.2) is 70.2 Å². The predicted molar refractivity (Wildman–Crippen MR) is 101 cm³/mol. The second kappa shape index (κ2) is 11.2. The van der Waals surface area contributed by atoms with Crippen LogP contribution in [0.4, 0.5) is 0 Å². The highest BCUT2D eigenvalue weighted by Crippen LogP contribution is 2.20. The van der Waals surface area contributed by atoms with Crippen LogP contribution in [0.1, 0.15) is 52.4 Å². The number of carbonyl (C=O) groups is 3. The lowest BCUT2D eigenvalue weighted by atomic mass is 9.96. The lowest BCUT2D eigenvalue weighted by Gasteiger charge is -2.31. The quantitative estimate of drug-likeness (QED) is 0.293. The van der Waals surface area contributed by atoms with E-state index in [0.717, 1.165) is 0 Å². The van der Waals surface area contributed by atoms with E-state index in [-0.39, 0.29) is 11.8 Å². The van der Waals surface area contributed by atoms with Crippen molar-refractivity contribution in [2.75, 3.05) is 13.1 Å². The lowest BCUT2D eigenvalue weighted by molar-refractivity contribution is -0.150. The summed E-state index contributed by atoms with van der Waals surface area (Å²) >= 11 is 0. The van der Waals surface area contributed by atoms with Gasteiger partial charge in [-0.15, -0.1) is 0 Å². The van der Waals surface area contributed by atoms with E-state index in [1.165, 1.54) is 4.90 Å². The van der Waals surface area contributed by atoms with Gasteiger partial charge in [-0.2, -0.15) is 0 Å². The maximum absolute atomic E-state index is 13.0. The van der Waals surface area contributed by atoms with Gasteiger partial charge in [0.05, 0.1) is 6.04 Å². The van der Waals surface area contributed by atoms with Crippen LogP contribution in [0.25, 0.3) is 0 Å². The second-order valence-electron chi connectivity index (χ2n) is 7.64. The van der Waals surface area contributed by atoms with E-state index >= 15 is 0 Å². The molecule has 1 aliphatic heterocycles. The van der Waals surface area contributed by atoms with Crippen LogP contribution >= 0.6 is 0 Å². The van der Waals surface area contributed by atoms with Gasteiger partial charge < -0.3 is 26.6 Å². The zero-order chi connectivity index (χ0) is 20.6. The average molecular weight is 386 g/mol. The van der Waals surface area contributed by atoms with Crippen LogP contribution in [0, 0.1) is 5.92 Å². The molecule has 0 aromatic rings. The summed E-state index contributed by atoms with van der Waals surface area (Å²) in [5.74, 6) is -2.31. The van der Waals surface area contributed by atoms with Gasteiger partial charge in [-0.1, -0.05) is 20.3 Å². The first-order chi connectivity index (χ1) is 12.7. The molecule has 27 heavy (non-hydrogen) atoms. The summed E-state index contributed by atoms with van der Waals surface area (Å²) in [6, 6.07) is -3.38. The summed E-state index contributed by atoms with van der Waals surface area (Å²) < 4.78 is 0. The van der Waals surface area contributed by atoms with Gasteiger partial charge in [0.15, 0.2) is 0 Å². The molecule has 156 valence electrons. The maximum Gasteiger partial charge on any atom is 0.326 e. The van der Waals surface area contributed by atoms with E-state index in [1.807, 2.05) is 13.8 Å². The topological polar surface area (TPSA) is 159 Å². The first-order valence-corrected chi connectivity index (χ1v) is 9.66. The van der Waals surface area contributed by atoms with Crippen molar-refractivity contribution in [2.45, 2.75) is 76.5 Å². The highest BCUT2D eigenvalue weighted by atomic mass is 16.4. The Morgan fingerprint density at radius 1 is 1.22 bits per heavy atom. The number of aliphatic carboxylic acids is 2. The van der Waals surface area contributed by atoms with E-state index in [9.17, 15) is 24.6 Å². The number of hydrogen-bond donors (Lipinski definition) is 5. The second-order valence-corrected chi connectivity index (χ2v) is 7.64. The number of nitrogens with one attached hydrogen (secondary N) is 1. The fraction of sp³-hybridized carbons (Fsp3) is 0.833. The summed E-state index contributed by atoms with van der Waals surface area (Å²) in [7, 11) is 0. The minimum absolute atomic E-state index is 0.213. The molecule has 0 bridgehead atoms. The van der Waals surface area contributed by atoms with Crippen LogP contribution in [-0.2, 0) is 14.4 Å². The number of carbonyl (C=O) groups excluding carboxylic acids is 1. The lowest BCUT2D eigenvalue weighted by Crippen LogP contribution is -2.59. The molecule has 9 nitrogen and oxygen atoms in total. The number of carboxylic acids is 2. The van der Waals surface area contributed by atoms with Crippen molar-refractivity contribution < 1.29 is 24.6 Å². The molecule has 0 aliphatic carbocycles. The summed E-state index contributed by atoms with van der Waals surface area (Å²) in [6.07, 6.45) is 3.24. The fourth-order valence-electron chi connectivity index (χ4n) is 3.53. The number of amides is 1. The van der Waals surface area contributed by atoms with E-state index in [2.05, 4.69) is 5.32 Å². The molecule has 1 heterocycles. The molecule has 0 radical (unpaired) electrons. The van der Waals surface area contributed by atoms with Gasteiger partial charge in [-0.3, -0.25) is 14.9 Å². The van der Waals surface area contributed by atoms with Crippen molar-refractivity contribution >= 4 is 17.8 Å². The number of nitrogens with two attached hydrogens (primary N) is 2. The number of likely N-dealkylation sites (tertiary alicyclic amines) is 1. The van der Waals surface area contributed by atoms with Gasteiger partial charge in [-0.25, -0.2) is 4.79 Å². The van der Waals surface area contributed by atoms with Crippen LogP contribution in [0.3, 0.4) is 0 Å². The van der Waals surface area contributed by atoms with Crippen LogP contribution < -0.4 is 16.8 Å². The Morgan fingerprint density at radius 3 is 2.41 bits per heavy atom. The third kappa shape index (κ3) is 7.08. The standard InChI is InChI=1S/C18H34N4O5/c1-11(2)10-12(20)15(18(26)27)21-13(6-3-4-8-19)16(23)22-9-5-7-14(22)17(24)25/h11-15,21H,3-10,19-20H2,1-2H3,(H,24,25)(H,26,27)/t12?,13-,14-,15?/m0/s1. The molecule has 1 aliphatic rings. The highest BCUT2D eigenvalue weighted by Gasteiger charge is 2.39. The summed E-state index contributed by atoms with van der Waals surface area (Å²) in [5.41, 5.74) is 11.6. The monoisotopic (exact) mass is 386 g/mol. The Balaban J connectivity index is 2.95. The molecule has 1 saturated heterocycles. The molecule has 0 aromatic heterocycles. The molecule has 0 aromatic carbocycles. The molecular weight excluding hydrogens is 352 g/mol. The summed E-state index contributed by atoms with van der Waals surface area (Å²) in [6.45, 7) is 4.73. The third-order valence-corrected chi connectivity index (χ3v) is 4.88. The van der Waals surface area contributed by atoms with Crippen LogP contribution in [0.15, 0.2) is 0 Å². The van der Waals surface area contributed by atoms with E-state index in [1.54, 1.807) is 0 Å². The van der Waals surface area contributed by atoms with Crippen molar-refractivity contribution in [3.63, 3.8) is 0 Å². The highest BCUT2D eigenvalue weighted by molar-refractivity contribution is 5.88. The Bertz CT molecular complexity index is 514. The van der Waals surface area contributed by atoms with Gasteiger partial charge in [0.1, 0.15) is 12.1 Å². The number of carboxylic acid groups (broad SMARTS) is 2. The zero-order valence-electron chi connectivity index (χ0n) is 16.3. The van der Waals surface area contributed by atoms with Crippen LogP contribution in [0.2, 0.25) is 0 Å². The normalized spacial score (nSPS) is 20.5. The van der Waals surface area contributed by atoms with Crippen molar-refractivity contribution in [2.24, 2.45) is 17.4 Å². The Hall–Kier alpha value is -1.71. The number of nitrogens with zero attached hydrogens (tertiary/aromatic N) is 1. The fourth-order valence-corrected chi connectivity index (χ4v) is 3.53. The van der Waals surface area contributed by atoms with Gasteiger partial charge in [-0.05, 0) is 44.6 Å². The van der Waals surface area contributed by atoms with Crippen molar-refractivity contribution in [3.05, 3.63) is 0 Å². The minimum atomic E-state index is -1.11. The molecule has 1 fully saturated rings. The summed E-state index contributed by atoms with van der Waals surface area (Å²) in [4.78, 5) is 37.5. The van der Waals surface area contributed by atoms with Crippen LogP contribution in [0.5, 0.6) is 0 Å². The van der Waals surface area contributed by atoms with Gasteiger partial charge in [0, 0.05) is 12.6 Å². The Kier molecular flexibility index (Phi) is 9.68. The molecular formula is C18H34N4O5. The van der Waals surface area contributed by atoms with E-state index in [4.69, 9.17) is 11.5 Å². The Labute approximate surface area is 160 Å². The van der Waals surface area contributed by atoms with Gasteiger partial charge >= 0.3 is 11.9 Å². The molecule has 1 amide bonds. The van der Waals surface area contributed by atoms with E-state index < -0.39 is 36.1 Å². The first-order valence-electron chi connectivity index (χ1n) is 9.66. The van der Waals surface area contributed by atoms with Crippen molar-refractivity contribution in [3.8, 4) is 0 Å². The Morgan fingerprint density at radius 2 is 1.89 bits per heavy atom. The molecule has 9 heteroatoms. The molecule has 0 spiro atoms. The number of unbranched alkanes of at least 4 members (excludes halogenated alkanes) is 1. The maximum atomic E-state index is 13.0. The van der Waals surface area contributed by atoms with Crippen molar-refractivity contribution in [1.29, 1.82) is 0 Å².